The molecule has 1 aliphatic rings. The molecular weight excluding hydrogens is 451 g/mol. The molecule has 1 N–H and O–H groups in total. The van der Waals surface area contributed by atoms with E-state index >= 15 is 0 Å². The molecule has 32 heavy (non-hydrogen) atoms. The first-order chi connectivity index (χ1) is 15.4. The maximum Gasteiger partial charge on any atom is 0.434 e. The Bertz CT molecular complexity index is 639. The average molecular weight is 488 g/mol. The molecule has 1 aliphatic heterocycles. The molecule has 13 heteroatoms. The largest absolute Gasteiger partial charge is 0.434 e. The zero-order chi connectivity index (χ0) is 23.8. The van der Waals surface area contributed by atoms with Crippen LogP contribution in [0.15, 0.2) is 0 Å². The third-order valence-corrected chi connectivity index (χ3v) is 5.68. The third-order valence-electron chi connectivity index (χ3n) is 4.40. The van der Waals surface area contributed by atoms with Gasteiger partial charge in [0.15, 0.2) is 5.69 Å². The highest BCUT2D eigenvalue weighted by Gasteiger charge is 2.39. The summed E-state index contributed by atoms with van der Waals surface area (Å²) >= 11 is 0. The van der Waals surface area contributed by atoms with E-state index in [1.54, 1.807) is 0 Å². The van der Waals surface area contributed by atoms with Crippen LogP contribution < -0.4 is 5.32 Å². The van der Waals surface area contributed by atoms with Gasteiger partial charge in [-0.05, 0) is 7.05 Å². The summed E-state index contributed by atoms with van der Waals surface area (Å²) in [4.78, 5) is 1.82. The minimum Gasteiger partial charge on any atom is -0.378 e. The van der Waals surface area contributed by atoms with Crippen molar-refractivity contribution < 1.29 is 31.6 Å². The zero-order valence-corrected chi connectivity index (χ0v) is 20.0. The Morgan fingerprint density at radius 3 is 2.12 bits per heavy atom. The van der Waals surface area contributed by atoms with E-state index in [0.29, 0.717) is 51.0 Å². The average Bonchev–Trinajstić information content (AvgIpc) is 3.18. The van der Waals surface area contributed by atoms with Gasteiger partial charge in [-0.25, -0.2) is 4.68 Å². The lowest BCUT2D eigenvalue weighted by Crippen LogP contribution is -2.37. The molecule has 188 valence electrons. The molecule has 0 saturated carbocycles. The van der Waals surface area contributed by atoms with Crippen LogP contribution in [0.4, 0.5) is 13.2 Å². The number of likely N-dealkylation sites (N-methyl/N-ethyl adjacent to an activating group) is 1. The summed E-state index contributed by atoms with van der Waals surface area (Å²) in [6.45, 7) is 7.91. The van der Waals surface area contributed by atoms with E-state index in [-0.39, 0.29) is 32.0 Å². The van der Waals surface area contributed by atoms with Crippen LogP contribution in [-0.2, 0) is 44.3 Å². The second-order valence-corrected chi connectivity index (χ2v) is 8.37. The van der Waals surface area contributed by atoms with E-state index in [1.807, 2.05) is 25.8 Å². The lowest BCUT2D eigenvalue weighted by Gasteiger charge is -2.25. The quantitative estimate of drug-likeness (QED) is 0.391. The summed E-state index contributed by atoms with van der Waals surface area (Å²) < 4.78 is 68.8. The maximum atomic E-state index is 13.5. The van der Waals surface area contributed by atoms with Gasteiger partial charge >= 0.3 is 6.18 Å². The van der Waals surface area contributed by atoms with Crippen molar-refractivity contribution in [3.63, 3.8) is 0 Å². The van der Waals surface area contributed by atoms with Gasteiger partial charge in [-0.2, -0.15) is 13.2 Å². The molecule has 0 unspecified atom stereocenters. The molecule has 0 aliphatic carbocycles. The van der Waals surface area contributed by atoms with E-state index in [2.05, 4.69) is 15.6 Å². The van der Waals surface area contributed by atoms with Crippen molar-refractivity contribution in [1.82, 2.24) is 25.2 Å². The van der Waals surface area contributed by atoms with E-state index in [1.165, 1.54) is 0 Å². The number of nitrogens with one attached hydrogen (secondary N) is 1. The minimum absolute atomic E-state index is 0.0388. The van der Waals surface area contributed by atoms with Crippen molar-refractivity contribution in [1.29, 1.82) is 0 Å². The third kappa shape index (κ3) is 11.1. The van der Waals surface area contributed by atoms with Crippen LogP contribution >= 0.6 is 0 Å². The second kappa shape index (κ2) is 16.5. The first-order valence-electron chi connectivity index (χ1n) is 10.9. The highest BCUT2D eigenvalue weighted by atomic mass is 32.2. The fraction of sp³-hybridized carbons (Fsp3) is 0.895. The van der Waals surface area contributed by atoms with Crippen LogP contribution in [0.2, 0.25) is 0 Å². The van der Waals surface area contributed by atoms with Crippen LogP contribution in [0.5, 0.6) is 0 Å². The van der Waals surface area contributed by atoms with Crippen molar-refractivity contribution in [2.75, 3.05) is 77.8 Å². The smallest absolute Gasteiger partial charge is 0.378 e. The van der Waals surface area contributed by atoms with Crippen molar-refractivity contribution >= 4 is 10.8 Å². The van der Waals surface area contributed by atoms with Crippen LogP contribution in [0.25, 0.3) is 0 Å². The summed E-state index contributed by atoms with van der Waals surface area (Å²) in [5.41, 5.74) is -0.968. The summed E-state index contributed by atoms with van der Waals surface area (Å²) in [5.74, 6) is 0.931. The minimum atomic E-state index is -4.56. The fourth-order valence-corrected chi connectivity index (χ4v) is 3.96. The number of halogens is 3. The highest BCUT2D eigenvalue weighted by molar-refractivity contribution is 7.85. The SMILES string of the molecule is CC.CNCCOCCOCCOCCn1nnc(CN2CCS(=O)CC2)c1C(F)(F)F. The van der Waals surface area contributed by atoms with Crippen molar-refractivity contribution in [3.05, 3.63) is 11.4 Å². The number of hydrogen-bond donors (Lipinski definition) is 1. The van der Waals surface area contributed by atoms with Gasteiger partial charge < -0.3 is 19.5 Å². The van der Waals surface area contributed by atoms with Crippen molar-refractivity contribution in [3.8, 4) is 0 Å². The Kier molecular flexibility index (Phi) is 14.9. The van der Waals surface area contributed by atoms with Crippen LogP contribution in [0.1, 0.15) is 25.2 Å². The standard InChI is InChI=1S/C17H30F3N5O4S.C2H6/c1-21-2-6-27-8-10-29-11-9-28-7-3-25-16(17(18,19)20)15(22-23-25)14-24-4-12-30(26)13-5-24;1-2/h21H,2-14H2,1H3;1-2H3. The second-order valence-electron chi connectivity index (χ2n) is 6.67. The first-order valence-corrected chi connectivity index (χ1v) is 12.4. The lowest BCUT2D eigenvalue weighted by atomic mass is 10.2. The summed E-state index contributed by atoms with van der Waals surface area (Å²) in [6, 6.07) is 0. The Labute approximate surface area is 190 Å². The van der Waals surface area contributed by atoms with Gasteiger partial charge in [-0.1, -0.05) is 19.1 Å². The zero-order valence-electron chi connectivity index (χ0n) is 19.2. The lowest BCUT2D eigenvalue weighted by molar-refractivity contribution is -0.145. The molecule has 2 rings (SSSR count). The predicted molar refractivity (Wildman–Crippen MR) is 116 cm³/mol. The van der Waals surface area contributed by atoms with Gasteiger partial charge in [0.25, 0.3) is 0 Å². The molecule has 0 bridgehead atoms. The number of nitrogens with zero attached hydrogens (tertiary/aromatic N) is 4. The molecule has 0 aromatic carbocycles. The summed E-state index contributed by atoms with van der Waals surface area (Å²) in [7, 11) is 0.953. The Balaban J connectivity index is 0.00000249. The molecule has 9 nitrogen and oxygen atoms in total. The highest BCUT2D eigenvalue weighted by Crippen LogP contribution is 2.31. The fourth-order valence-electron chi connectivity index (χ4n) is 2.83. The van der Waals surface area contributed by atoms with Gasteiger partial charge in [0.05, 0.1) is 46.2 Å². The van der Waals surface area contributed by atoms with E-state index in [4.69, 9.17) is 14.2 Å². The van der Waals surface area contributed by atoms with Gasteiger partial charge in [0.1, 0.15) is 5.69 Å². The van der Waals surface area contributed by atoms with Gasteiger partial charge in [0.2, 0.25) is 0 Å². The number of aromatic nitrogens is 3. The van der Waals surface area contributed by atoms with Crippen LogP contribution in [0, 0.1) is 0 Å². The van der Waals surface area contributed by atoms with Crippen LogP contribution in [-0.4, -0.2) is 102 Å². The monoisotopic (exact) mass is 487 g/mol. The molecule has 0 atom stereocenters. The van der Waals surface area contributed by atoms with E-state index in [9.17, 15) is 17.4 Å². The molecular formula is C19H36F3N5O4S. The molecule has 2 heterocycles. The molecule has 1 saturated heterocycles. The molecule has 0 amide bonds. The molecule has 0 spiro atoms. The Morgan fingerprint density at radius 1 is 1.00 bits per heavy atom. The van der Waals surface area contributed by atoms with Crippen LogP contribution in [0.3, 0.4) is 0 Å². The molecule has 1 aromatic heterocycles. The predicted octanol–water partition coefficient (Wildman–Crippen LogP) is 1.16. The van der Waals surface area contributed by atoms with Gasteiger partial charge in [0, 0.05) is 48.5 Å². The van der Waals surface area contributed by atoms with Crippen molar-refractivity contribution in [2.45, 2.75) is 33.1 Å². The van der Waals surface area contributed by atoms with E-state index in [0.717, 1.165) is 11.2 Å². The molecule has 0 radical (unpaired) electrons. The van der Waals surface area contributed by atoms with Crippen molar-refractivity contribution in [2.24, 2.45) is 0 Å². The number of hydrogen-bond acceptors (Lipinski definition) is 8. The Morgan fingerprint density at radius 2 is 1.56 bits per heavy atom. The molecule has 1 fully saturated rings. The first kappa shape index (κ1) is 28.9. The maximum absolute atomic E-state index is 13.5. The number of ether oxygens (including phenoxy) is 3. The molecule has 1 aromatic rings. The summed E-state index contributed by atoms with van der Waals surface area (Å²) in [6.07, 6.45) is -4.56. The Hall–Kier alpha value is -1.12. The number of rotatable bonds is 14. The normalized spacial score (nSPS) is 15.6. The number of alkyl halides is 3. The van der Waals surface area contributed by atoms with E-state index < -0.39 is 22.7 Å². The van der Waals surface area contributed by atoms with Gasteiger partial charge in [-0.15, -0.1) is 5.10 Å². The summed E-state index contributed by atoms with van der Waals surface area (Å²) in [5, 5.41) is 10.4. The topological polar surface area (TPSA) is 90.7 Å². The van der Waals surface area contributed by atoms with Gasteiger partial charge in [-0.3, -0.25) is 9.11 Å².